The van der Waals surface area contributed by atoms with Gasteiger partial charge in [-0.2, -0.15) is 21.4 Å². The lowest BCUT2D eigenvalue weighted by atomic mass is 10.1. The third kappa shape index (κ3) is 7.71. The fourth-order valence-corrected chi connectivity index (χ4v) is 7.85. The monoisotopic (exact) mass is 609 g/mol. The van der Waals surface area contributed by atoms with Crippen LogP contribution in [0.1, 0.15) is 42.3 Å². The molecule has 8 nitrogen and oxygen atoms in total. The second-order valence-corrected chi connectivity index (χ2v) is 14.8. The third-order valence-corrected chi connectivity index (χ3v) is 10.4. The molecule has 4 rings (SSSR count). The third-order valence-electron chi connectivity index (χ3n) is 6.58. The maximum atomic E-state index is 11.4. The van der Waals surface area contributed by atoms with Crippen molar-refractivity contribution >= 4 is 65.3 Å². The van der Waals surface area contributed by atoms with Gasteiger partial charge < -0.3 is 4.90 Å². The van der Waals surface area contributed by atoms with Gasteiger partial charge in [0, 0.05) is 30.0 Å². The number of anilines is 1. The zero-order chi connectivity index (χ0) is 28.4. The molecular weight excluding hydrogens is 577 g/mol. The molecule has 39 heavy (non-hydrogen) atoms. The van der Waals surface area contributed by atoms with E-state index >= 15 is 0 Å². The summed E-state index contributed by atoms with van der Waals surface area (Å²) in [4.78, 5) is 3.22. The van der Waals surface area contributed by atoms with Crippen molar-refractivity contribution in [1.29, 1.82) is 0 Å². The smallest absolute Gasteiger partial charge is 0.265 e. The number of hydrogen-bond acceptors (Lipinski definition) is 7. The molecule has 1 aromatic heterocycles. The van der Waals surface area contributed by atoms with E-state index in [1.807, 2.05) is 24.3 Å². The SMILES string of the molecule is CCC(=Cc1sc2ccccc2[n+]1CCCS(=O)(=O)O)/C=C1\Sc2cc(C)c(C)cc2N1CCCS(=O)(=O)O. The van der Waals surface area contributed by atoms with Crippen LogP contribution in [0.5, 0.6) is 0 Å². The summed E-state index contributed by atoms with van der Waals surface area (Å²) in [6.07, 6.45) is 5.56. The molecule has 0 radical (unpaired) electrons. The number of rotatable bonds is 11. The van der Waals surface area contributed by atoms with Crippen molar-refractivity contribution in [2.45, 2.75) is 51.5 Å². The van der Waals surface area contributed by atoms with Gasteiger partial charge in [-0.25, -0.2) is 0 Å². The first kappa shape index (κ1) is 29.8. The Balaban J connectivity index is 1.71. The topological polar surface area (TPSA) is 116 Å². The largest absolute Gasteiger partial charge is 0.335 e. The van der Waals surface area contributed by atoms with E-state index in [9.17, 15) is 25.9 Å². The van der Waals surface area contributed by atoms with E-state index in [1.165, 1.54) is 5.56 Å². The molecule has 2 heterocycles. The van der Waals surface area contributed by atoms with Crippen molar-refractivity contribution in [3.8, 4) is 0 Å². The molecule has 1 aliphatic rings. The lowest BCUT2D eigenvalue weighted by Gasteiger charge is -2.21. The van der Waals surface area contributed by atoms with Crippen LogP contribution in [0.3, 0.4) is 0 Å². The number of allylic oxidation sites excluding steroid dienone is 2. The normalized spacial score (nSPS) is 15.5. The van der Waals surface area contributed by atoms with E-state index in [0.29, 0.717) is 25.9 Å². The van der Waals surface area contributed by atoms with Crippen molar-refractivity contribution in [2.24, 2.45) is 0 Å². The van der Waals surface area contributed by atoms with Gasteiger partial charge in [-0.15, -0.1) is 0 Å². The molecule has 12 heteroatoms. The Bertz CT molecular complexity index is 1660. The van der Waals surface area contributed by atoms with E-state index < -0.39 is 20.2 Å². The minimum Gasteiger partial charge on any atom is -0.335 e. The molecule has 0 amide bonds. The molecule has 0 saturated heterocycles. The quantitative estimate of drug-likeness (QED) is 0.213. The number of aryl methyl sites for hydroxylation is 3. The predicted molar refractivity (Wildman–Crippen MR) is 160 cm³/mol. The second kappa shape index (κ2) is 12.1. The van der Waals surface area contributed by atoms with Gasteiger partial charge in [-0.05, 0) is 67.7 Å². The zero-order valence-electron chi connectivity index (χ0n) is 22.1. The summed E-state index contributed by atoms with van der Waals surface area (Å²) in [5, 5.41) is 1.96. The molecule has 0 aliphatic carbocycles. The summed E-state index contributed by atoms with van der Waals surface area (Å²) in [6, 6.07) is 12.2. The van der Waals surface area contributed by atoms with Crippen LogP contribution in [0, 0.1) is 13.8 Å². The van der Waals surface area contributed by atoms with Crippen LogP contribution in [0.15, 0.2) is 58.0 Å². The van der Waals surface area contributed by atoms with Crippen molar-refractivity contribution in [1.82, 2.24) is 0 Å². The van der Waals surface area contributed by atoms with Gasteiger partial charge in [0.25, 0.3) is 25.2 Å². The minimum atomic E-state index is -4.05. The Morgan fingerprint density at radius 1 is 1.00 bits per heavy atom. The molecule has 0 atom stereocenters. The minimum absolute atomic E-state index is 0.290. The van der Waals surface area contributed by atoms with Crippen molar-refractivity contribution < 1.29 is 30.5 Å². The Morgan fingerprint density at radius 2 is 1.67 bits per heavy atom. The highest BCUT2D eigenvalue weighted by Gasteiger charge is 2.27. The van der Waals surface area contributed by atoms with Crippen LogP contribution >= 0.6 is 23.1 Å². The first-order chi connectivity index (χ1) is 18.3. The number of thioether (sulfide) groups is 1. The predicted octanol–water partition coefficient (Wildman–Crippen LogP) is 5.61. The summed E-state index contributed by atoms with van der Waals surface area (Å²) >= 11 is 3.26. The molecule has 0 bridgehead atoms. The summed E-state index contributed by atoms with van der Waals surface area (Å²) in [6.45, 7) is 7.09. The number of aromatic nitrogens is 1. The van der Waals surface area contributed by atoms with Gasteiger partial charge in [0.2, 0.25) is 5.52 Å². The summed E-state index contributed by atoms with van der Waals surface area (Å²) in [5.41, 5.74) is 5.43. The van der Waals surface area contributed by atoms with Crippen LogP contribution in [-0.2, 0) is 26.8 Å². The lowest BCUT2D eigenvalue weighted by Crippen LogP contribution is -2.36. The molecular formula is C27H33N2O6S4+. The molecule has 0 saturated carbocycles. The molecule has 0 unspecified atom stereocenters. The zero-order valence-corrected chi connectivity index (χ0v) is 25.4. The Morgan fingerprint density at radius 3 is 2.36 bits per heavy atom. The average Bonchev–Trinajstić information content (AvgIpc) is 3.35. The van der Waals surface area contributed by atoms with Gasteiger partial charge >= 0.3 is 0 Å². The Hall–Kier alpha value is -2.22. The number of fused-ring (bicyclic) bond motifs is 2. The highest BCUT2D eigenvalue weighted by Crippen LogP contribution is 2.47. The fourth-order valence-electron chi connectivity index (χ4n) is 4.46. The van der Waals surface area contributed by atoms with Crippen LogP contribution in [-0.4, -0.2) is 44.0 Å². The average molecular weight is 610 g/mol. The van der Waals surface area contributed by atoms with Crippen molar-refractivity contribution in [3.63, 3.8) is 0 Å². The van der Waals surface area contributed by atoms with Crippen LogP contribution < -0.4 is 9.47 Å². The number of thiazole rings is 1. The lowest BCUT2D eigenvalue weighted by molar-refractivity contribution is -0.668. The molecule has 210 valence electrons. The van der Waals surface area contributed by atoms with Gasteiger partial charge in [0.05, 0.1) is 22.2 Å². The molecule has 3 aromatic rings. The van der Waals surface area contributed by atoms with Crippen molar-refractivity contribution in [2.75, 3.05) is 23.0 Å². The van der Waals surface area contributed by atoms with Gasteiger partial charge in [0.15, 0.2) is 6.54 Å². The van der Waals surface area contributed by atoms with Gasteiger partial charge in [-0.3, -0.25) is 9.11 Å². The fraction of sp³-hybridized carbons (Fsp3) is 0.370. The molecule has 0 fully saturated rings. The Kier molecular flexibility index (Phi) is 9.24. The molecule has 1 aliphatic heterocycles. The van der Waals surface area contributed by atoms with E-state index in [-0.39, 0.29) is 11.5 Å². The maximum absolute atomic E-state index is 11.4. The highest BCUT2D eigenvalue weighted by molar-refractivity contribution is 8.03. The molecule has 0 spiro atoms. The van der Waals surface area contributed by atoms with Crippen molar-refractivity contribution in [3.05, 3.63) is 69.2 Å². The van der Waals surface area contributed by atoms with E-state index in [2.05, 4.69) is 54.5 Å². The van der Waals surface area contributed by atoms with Gasteiger partial charge in [0.1, 0.15) is 4.70 Å². The number of para-hydroxylation sites is 1. The van der Waals surface area contributed by atoms with Crippen LogP contribution in [0.2, 0.25) is 0 Å². The standard InChI is InChI=1S/C27H32N2O6S4/c1-4-21(17-26-28(11-7-13-38(30,31)32)22-9-5-6-10-24(22)36-26)18-27-29(12-8-14-39(33,34)35)23-15-19(2)20(3)16-25(23)37-27/h5-6,9-10,15-18H,4,7-8,11-14H2,1-3H3,(H-,30,31,32,33,34,35)/p+1. The van der Waals surface area contributed by atoms with E-state index in [0.717, 1.165) is 48.4 Å². The van der Waals surface area contributed by atoms with Crippen LogP contribution in [0.4, 0.5) is 5.69 Å². The highest BCUT2D eigenvalue weighted by atomic mass is 32.2. The summed E-state index contributed by atoms with van der Waals surface area (Å²) in [7, 11) is -8.09. The first-order valence-corrected chi connectivity index (χ1v) is 17.5. The van der Waals surface area contributed by atoms with Crippen LogP contribution in [0.25, 0.3) is 16.3 Å². The Labute approximate surface area is 238 Å². The van der Waals surface area contributed by atoms with E-state index in [1.54, 1.807) is 23.1 Å². The molecule has 2 aromatic carbocycles. The van der Waals surface area contributed by atoms with E-state index in [4.69, 9.17) is 0 Å². The number of hydrogen-bond donors (Lipinski definition) is 2. The number of nitrogens with zero attached hydrogens (tertiary/aromatic N) is 2. The molecule has 2 N–H and O–H groups in total. The summed E-state index contributed by atoms with van der Waals surface area (Å²) < 4.78 is 66.9. The first-order valence-electron chi connectivity index (χ1n) is 12.6. The number of benzene rings is 2. The van der Waals surface area contributed by atoms with Gasteiger partial charge in [-0.1, -0.05) is 42.2 Å². The summed E-state index contributed by atoms with van der Waals surface area (Å²) in [5.74, 6) is -0.603. The maximum Gasteiger partial charge on any atom is 0.265 e. The second-order valence-electron chi connectivity index (χ2n) is 9.55.